The number of nitrogens with one attached hydrogen (secondary N) is 2. The minimum atomic E-state index is -0.177. The van der Waals surface area contributed by atoms with Crippen LogP contribution in [0, 0.1) is 6.92 Å². The number of aryl methyl sites for hydroxylation is 1. The molecule has 0 radical (unpaired) electrons. The number of para-hydroxylation sites is 1. The zero-order valence-corrected chi connectivity index (χ0v) is 11.7. The number of hydrogen-bond donors (Lipinski definition) is 2. The van der Waals surface area contributed by atoms with Gasteiger partial charge in [0.15, 0.2) is 0 Å². The number of hydrazine groups is 1. The van der Waals surface area contributed by atoms with Crippen LogP contribution in [0.15, 0.2) is 48.5 Å². The van der Waals surface area contributed by atoms with Gasteiger partial charge in [-0.1, -0.05) is 41.2 Å². The Hall–Kier alpha value is -2.40. The van der Waals surface area contributed by atoms with Gasteiger partial charge in [0.1, 0.15) is 0 Å². The number of benzene rings is 2. The third-order valence-corrected chi connectivity index (χ3v) is 3.84. The van der Waals surface area contributed by atoms with E-state index in [0.717, 1.165) is 15.8 Å². The first-order chi connectivity index (χ1) is 9.72. The van der Waals surface area contributed by atoms with Crippen LogP contribution in [0.25, 0.3) is 10.2 Å². The van der Waals surface area contributed by atoms with Crippen LogP contribution in [0.1, 0.15) is 15.9 Å². The van der Waals surface area contributed by atoms with Crippen LogP contribution in [0.2, 0.25) is 0 Å². The van der Waals surface area contributed by atoms with Gasteiger partial charge < -0.3 is 0 Å². The number of carbonyl (C=O) groups is 1. The molecule has 0 aliphatic heterocycles. The minimum absolute atomic E-state index is 0.177. The number of nitrogens with zero attached hydrogens (tertiary/aromatic N) is 1. The molecule has 0 fully saturated rings. The standard InChI is InChI=1S/C15H13N3OS/c1-10-6-8-11(9-7-10)14(19)17-18-15-16-12-4-2-3-5-13(12)20-15/h2-9H,1H3,(H,16,18)(H,17,19). The first-order valence-corrected chi connectivity index (χ1v) is 7.02. The van der Waals surface area contributed by atoms with Crippen molar-refractivity contribution in [3.8, 4) is 0 Å². The van der Waals surface area contributed by atoms with E-state index in [1.54, 1.807) is 12.1 Å². The summed E-state index contributed by atoms with van der Waals surface area (Å²) < 4.78 is 1.08. The van der Waals surface area contributed by atoms with Gasteiger partial charge >= 0.3 is 0 Å². The highest BCUT2D eigenvalue weighted by atomic mass is 32.1. The van der Waals surface area contributed by atoms with Gasteiger partial charge in [-0.3, -0.25) is 15.6 Å². The normalized spacial score (nSPS) is 10.4. The second-order valence-electron chi connectivity index (χ2n) is 4.43. The molecule has 0 unspecified atom stereocenters. The number of carbonyl (C=O) groups excluding carboxylic acids is 1. The maximum absolute atomic E-state index is 11.9. The highest BCUT2D eigenvalue weighted by molar-refractivity contribution is 7.22. The first kappa shape index (κ1) is 12.6. The number of hydrogen-bond acceptors (Lipinski definition) is 4. The van der Waals surface area contributed by atoms with Crippen molar-refractivity contribution < 1.29 is 4.79 Å². The van der Waals surface area contributed by atoms with E-state index in [0.29, 0.717) is 10.7 Å². The molecule has 5 heteroatoms. The fourth-order valence-electron chi connectivity index (χ4n) is 1.81. The number of rotatable bonds is 3. The Morgan fingerprint density at radius 3 is 2.60 bits per heavy atom. The summed E-state index contributed by atoms with van der Waals surface area (Å²) in [6.45, 7) is 1.99. The molecule has 0 atom stereocenters. The molecule has 4 nitrogen and oxygen atoms in total. The van der Waals surface area contributed by atoms with Gasteiger partial charge in [-0.05, 0) is 31.2 Å². The van der Waals surface area contributed by atoms with Crippen molar-refractivity contribution in [2.75, 3.05) is 5.43 Å². The Bertz CT molecular complexity index is 716. The van der Waals surface area contributed by atoms with Crippen molar-refractivity contribution in [3.63, 3.8) is 0 Å². The number of amides is 1. The minimum Gasteiger partial charge on any atom is -0.273 e. The Kier molecular flexibility index (Phi) is 3.35. The van der Waals surface area contributed by atoms with Crippen molar-refractivity contribution in [2.45, 2.75) is 6.92 Å². The van der Waals surface area contributed by atoms with E-state index in [2.05, 4.69) is 15.8 Å². The van der Waals surface area contributed by atoms with Crippen LogP contribution in [-0.4, -0.2) is 10.9 Å². The van der Waals surface area contributed by atoms with Crippen molar-refractivity contribution in [1.29, 1.82) is 0 Å². The highest BCUT2D eigenvalue weighted by Crippen LogP contribution is 2.24. The van der Waals surface area contributed by atoms with Gasteiger partial charge in [0.2, 0.25) is 5.13 Å². The zero-order valence-electron chi connectivity index (χ0n) is 10.9. The van der Waals surface area contributed by atoms with Gasteiger partial charge in [-0.25, -0.2) is 4.98 Å². The Labute approximate surface area is 120 Å². The maximum atomic E-state index is 11.9. The van der Waals surface area contributed by atoms with Crippen molar-refractivity contribution in [2.24, 2.45) is 0 Å². The summed E-state index contributed by atoms with van der Waals surface area (Å²) >= 11 is 1.50. The summed E-state index contributed by atoms with van der Waals surface area (Å²) in [7, 11) is 0. The molecule has 100 valence electrons. The summed E-state index contributed by atoms with van der Waals surface area (Å²) in [5.41, 5.74) is 8.17. The molecular formula is C15H13N3OS. The Morgan fingerprint density at radius 1 is 1.10 bits per heavy atom. The van der Waals surface area contributed by atoms with Crippen LogP contribution in [0.4, 0.5) is 5.13 Å². The molecule has 0 aliphatic rings. The smallest absolute Gasteiger partial charge is 0.269 e. The number of fused-ring (bicyclic) bond motifs is 1. The lowest BCUT2D eigenvalue weighted by Crippen LogP contribution is -2.29. The maximum Gasteiger partial charge on any atom is 0.269 e. The molecular weight excluding hydrogens is 270 g/mol. The topological polar surface area (TPSA) is 54.0 Å². The van der Waals surface area contributed by atoms with Gasteiger partial charge in [0.05, 0.1) is 10.2 Å². The van der Waals surface area contributed by atoms with E-state index in [-0.39, 0.29) is 5.91 Å². The predicted molar refractivity (Wildman–Crippen MR) is 81.9 cm³/mol. The number of aromatic nitrogens is 1. The van der Waals surface area contributed by atoms with Gasteiger partial charge in [0.25, 0.3) is 5.91 Å². The summed E-state index contributed by atoms with van der Waals surface area (Å²) in [5, 5.41) is 0.673. The molecule has 0 saturated heterocycles. The lowest BCUT2D eigenvalue weighted by molar-refractivity contribution is 0.0962. The molecule has 2 N–H and O–H groups in total. The van der Waals surface area contributed by atoms with E-state index in [9.17, 15) is 4.79 Å². The molecule has 3 aromatic rings. The number of anilines is 1. The molecule has 2 aromatic carbocycles. The summed E-state index contributed by atoms with van der Waals surface area (Å²) in [6.07, 6.45) is 0. The van der Waals surface area contributed by atoms with Gasteiger partial charge in [0, 0.05) is 5.56 Å². The van der Waals surface area contributed by atoms with Crippen LogP contribution in [0.5, 0.6) is 0 Å². The number of thiazole rings is 1. The van der Waals surface area contributed by atoms with E-state index in [4.69, 9.17) is 0 Å². The monoisotopic (exact) mass is 283 g/mol. The third-order valence-electron chi connectivity index (χ3n) is 2.89. The SMILES string of the molecule is Cc1ccc(C(=O)NNc2nc3ccccc3s2)cc1. The van der Waals surface area contributed by atoms with Gasteiger partial charge in [-0.2, -0.15) is 0 Å². The first-order valence-electron chi connectivity index (χ1n) is 6.21. The molecule has 1 aromatic heterocycles. The fourth-order valence-corrected chi connectivity index (χ4v) is 2.63. The molecule has 0 spiro atoms. The van der Waals surface area contributed by atoms with Crippen molar-refractivity contribution in [3.05, 3.63) is 59.7 Å². The Balaban J connectivity index is 1.69. The quantitative estimate of drug-likeness (QED) is 0.725. The van der Waals surface area contributed by atoms with Crippen molar-refractivity contribution >= 4 is 32.6 Å². The molecule has 0 saturated carbocycles. The lowest BCUT2D eigenvalue weighted by Gasteiger charge is -2.05. The lowest BCUT2D eigenvalue weighted by atomic mass is 10.1. The van der Waals surface area contributed by atoms with Crippen LogP contribution < -0.4 is 10.9 Å². The fraction of sp³-hybridized carbons (Fsp3) is 0.0667. The van der Waals surface area contributed by atoms with Gasteiger partial charge in [-0.15, -0.1) is 0 Å². The summed E-state index contributed by atoms with van der Waals surface area (Å²) in [5.74, 6) is -0.177. The third kappa shape index (κ3) is 2.62. The average Bonchev–Trinajstić information content (AvgIpc) is 2.88. The van der Waals surface area contributed by atoms with E-state index in [1.165, 1.54) is 11.3 Å². The predicted octanol–water partition coefficient (Wildman–Crippen LogP) is 3.36. The molecule has 3 rings (SSSR count). The average molecular weight is 283 g/mol. The molecule has 0 bridgehead atoms. The Morgan fingerprint density at radius 2 is 1.85 bits per heavy atom. The highest BCUT2D eigenvalue weighted by Gasteiger charge is 2.06. The molecule has 1 amide bonds. The van der Waals surface area contributed by atoms with E-state index >= 15 is 0 Å². The van der Waals surface area contributed by atoms with Crippen LogP contribution in [-0.2, 0) is 0 Å². The van der Waals surface area contributed by atoms with Crippen LogP contribution in [0.3, 0.4) is 0 Å². The van der Waals surface area contributed by atoms with E-state index < -0.39 is 0 Å². The second kappa shape index (κ2) is 5.30. The van der Waals surface area contributed by atoms with Crippen LogP contribution >= 0.6 is 11.3 Å². The van der Waals surface area contributed by atoms with E-state index in [1.807, 2.05) is 43.3 Å². The zero-order chi connectivity index (χ0) is 13.9. The largest absolute Gasteiger partial charge is 0.273 e. The molecule has 1 heterocycles. The molecule has 20 heavy (non-hydrogen) atoms. The second-order valence-corrected chi connectivity index (χ2v) is 5.46. The van der Waals surface area contributed by atoms with Crippen molar-refractivity contribution in [1.82, 2.24) is 10.4 Å². The molecule has 0 aliphatic carbocycles. The summed E-state index contributed by atoms with van der Waals surface area (Å²) in [4.78, 5) is 16.3. The summed E-state index contributed by atoms with van der Waals surface area (Å²) in [6, 6.07) is 15.3.